The van der Waals surface area contributed by atoms with E-state index in [9.17, 15) is 14.7 Å². The number of carbonyl (C=O) groups excluding carboxylic acids is 2. The normalized spacial score (nSPS) is 23.7. The summed E-state index contributed by atoms with van der Waals surface area (Å²) in [5.41, 5.74) is -0.523. The number of urea groups is 1. The van der Waals surface area contributed by atoms with Gasteiger partial charge in [-0.2, -0.15) is 0 Å². The number of β-amino-alcohol motifs (C(OH)–C–C–N with tert-alkyl or cyclic N) is 1. The van der Waals surface area contributed by atoms with Gasteiger partial charge >= 0.3 is 6.03 Å². The lowest BCUT2D eigenvalue weighted by molar-refractivity contribution is -0.140. The first-order chi connectivity index (χ1) is 11.0. The number of likely N-dealkylation sites (tertiary alicyclic amines) is 1. The van der Waals surface area contributed by atoms with Gasteiger partial charge in [0, 0.05) is 30.7 Å². The zero-order valence-corrected chi connectivity index (χ0v) is 14.0. The third-order valence-corrected chi connectivity index (χ3v) is 5.79. The molecule has 2 aliphatic heterocycles. The maximum Gasteiger partial charge on any atom is 0.323 e. The lowest BCUT2D eigenvalue weighted by Gasteiger charge is -2.44. The van der Waals surface area contributed by atoms with Crippen LogP contribution in [-0.2, 0) is 11.2 Å². The van der Waals surface area contributed by atoms with Crippen molar-refractivity contribution in [3.05, 3.63) is 11.1 Å². The van der Waals surface area contributed by atoms with Crippen molar-refractivity contribution in [2.45, 2.75) is 38.7 Å². The summed E-state index contributed by atoms with van der Waals surface area (Å²) in [6.45, 7) is 3.40. The molecule has 0 aliphatic carbocycles. The number of aryl methyl sites for hydroxylation is 1. The van der Waals surface area contributed by atoms with Gasteiger partial charge in [-0.25, -0.2) is 9.78 Å². The molecule has 3 heterocycles. The van der Waals surface area contributed by atoms with Crippen molar-refractivity contribution in [3.63, 3.8) is 0 Å². The minimum atomic E-state index is -0.523. The number of rotatable bonds is 2. The molecule has 1 aromatic rings. The van der Waals surface area contributed by atoms with Gasteiger partial charge in [-0.05, 0) is 25.7 Å². The molecular weight excluding hydrogens is 316 g/mol. The second-order valence-electron chi connectivity index (χ2n) is 6.25. The molecule has 23 heavy (non-hydrogen) atoms. The molecule has 1 spiro atoms. The number of nitrogens with one attached hydrogen (secondary N) is 2. The van der Waals surface area contributed by atoms with E-state index in [1.54, 1.807) is 11.1 Å². The molecule has 0 bridgehead atoms. The number of aliphatic hydroxyl groups excluding tert-OH is 1. The molecule has 2 saturated heterocycles. The molecule has 1 unspecified atom stereocenters. The lowest BCUT2D eigenvalue weighted by atomic mass is 9.71. The highest BCUT2D eigenvalue weighted by Crippen LogP contribution is 2.38. The number of aromatic nitrogens is 1. The number of piperidine rings is 2. The van der Waals surface area contributed by atoms with E-state index in [-0.39, 0.29) is 11.9 Å². The summed E-state index contributed by atoms with van der Waals surface area (Å²) in [5.74, 6) is 0.00960. The number of nitrogens with zero attached hydrogens (tertiary/aromatic N) is 2. The first-order valence-corrected chi connectivity index (χ1v) is 8.81. The fraction of sp³-hybridized carbons (Fsp3) is 0.667. The maximum atomic E-state index is 12.3. The zero-order chi connectivity index (χ0) is 16.4. The Kier molecular flexibility index (Phi) is 4.54. The van der Waals surface area contributed by atoms with Crippen LogP contribution in [0.3, 0.4) is 0 Å². The molecule has 3 rings (SSSR count). The summed E-state index contributed by atoms with van der Waals surface area (Å²) >= 11 is 1.48. The van der Waals surface area contributed by atoms with Gasteiger partial charge < -0.3 is 15.3 Å². The van der Waals surface area contributed by atoms with Crippen molar-refractivity contribution in [2.75, 3.05) is 25.0 Å². The Hall–Kier alpha value is -1.67. The Labute approximate surface area is 139 Å². The average molecular weight is 338 g/mol. The van der Waals surface area contributed by atoms with Crippen molar-refractivity contribution in [1.82, 2.24) is 15.2 Å². The minimum Gasteiger partial charge on any atom is -0.391 e. The number of hydrogen-bond acceptors (Lipinski definition) is 5. The molecular formula is C15H22N4O3S. The van der Waals surface area contributed by atoms with E-state index in [4.69, 9.17) is 0 Å². The van der Waals surface area contributed by atoms with Crippen LogP contribution in [0.25, 0.3) is 0 Å². The van der Waals surface area contributed by atoms with Crippen LogP contribution in [0.1, 0.15) is 31.1 Å². The predicted molar refractivity (Wildman–Crippen MR) is 87.4 cm³/mol. The molecule has 1 atom stereocenters. The van der Waals surface area contributed by atoms with Crippen molar-refractivity contribution in [2.24, 2.45) is 5.41 Å². The van der Waals surface area contributed by atoms with E-state index in [2.05, 4.69) is 15.6 Å². The van der Waals surface area contributed by atoms with E-state index < -0.39 is 11.5 Å². The largest absolute Gasteiger partial charge is 0.391 e. The van der Waals surface area contributed by atoms with Crippen molar-refractivity contribution in [3.8, 4) is 0 Å². The summed E-state index contributed by atoms with van der Waals surface area (Å²) in [6.07, 6.45) is 3.84. The van der Waals surface area contributed by atoms with Crippen molar-refractivity contribution >= 4 is 28.4 Å². The highest BCUT2D eigenvalue weighted by molar-refractivity contribution is 7.15. The first-order valence-electron chi connectivity index (χ1n) is 7.99. The molecule has 0 aromatic carbocycles. The van der Waals surface area contributed by atoms with E-state index >= 15 is 0 Å². The smallest absolute Gasteiger partial charge is 0.323 e. The molecule has 2 fully saturated rings. The Morgan fingerprint density at radius 2 is 2.30 bits per heavy atom. The van der Waals surface area contributed by atoms with Crippen LogP contribution in [0.5, 0.6) is 0 Å². The van der Waals surface area contributed by atoms with Gasteiger partial charge in [-0.15, -0.1) is 11.3 Å². The Balaban J connectivity index is 1.57. The van der Waals surface area contributed by atoms with Crippen LogP contribution in [0.2, 0.25) is 0 Å². The second-order valence-corrected chi connectivity index (χ2v) is 7.37. The number of hydrogen-bond donors (Lipinski definition) is 3. The molecule has 3 N–H and O–H groups in total. The predicted octanol–water partition coefficient (Wildman–Crippen LogP) is 1.20. The topological polar surface area (TPSA) is 94.6 Å². The fourth-order valence-electron chi connectivity index (χ4n) is 3.28. The fourth-order valence-corrected chi connectivity index (χ4v) is 4.02. The number of amides is 3. The van der Waals surface area contributed by atoms with Gasteiger partial charge in [0.05, 0.1) is 11.5 Å². The van der Waals surface area contributed by atoms with E-state index in [0.717, 1.165) is 11.3 Å². The monoisotopic (exact) mass is 338 g/mol. The third kappa shape index (κ3) is 3.32. The van der Waals surface area contributed by atoms with Gasteiger partial charge in [0.2, 0.25) is 5.91 Å². The number of thiazole rings is 1. The minimum absolute atomic E-state index is 0.00960. The molecule has 3 amide bonds. The number of aliphatic hydroxyl groups is 1. The Morgan fingerprint density at radius 1 is 1.57 bits per heavy atom. The van der Waals surface area contributed by atoms with E-state index in [1.807, 2.05) is 6.92 Å². The van der Waals surface area contributed by atoms with Gasteiger partial charge in [0.15, 0.2) is 5.13 Å². The van der Waals surface area contributed by atoms with Crippen LogP contribution in [0.15, 0.2) is 6.20 Å². The van der Waals surface area contributed by atoms with Crippen LogP contribution < -0.4 is 10.6 Å². The summed E-state index contributed by atoms with van der Waals surface area (Å²) in [7, 11) is 0. The first kappa shape index (κ1) is 16.2. The second kappa shape index (κ2) is 6.45. The van der Waals surface area contributed by atoms with Crippen LogP contribution in [-0.4, -0.2) is 52.7 Å². The maximum absolute atomic E-state index is 12.3. The van der Waals surface area contributed by atoms with E-state index in [0.29, 0.717) is 44.0 Å². The summed E-state index contributed by atoms with van der Waals surface area (Å²) in [4.78, 5) is 31.5. The van der Waals surface area contributed by atoms with E-state index in [1.165, 1.54) is 11.3 Å². The molecule has 126 valence electrons. The summed E-state index contributed by atoms with van der Waals surface area (Å²) < 4.78 is 0. The van der Waals surface area contributed by atoms with Crippen LogP contribution in [0, 0.1) is 5.41 Å². The molecule has 0 radical (unpaired) electrons. The Morgan fingerprint density at radius 3 is 2.96 bits per heavy atom. The molecule has 7 nitrogen and oxygen atoms in total. The highest BCUT2D eigenvalue weighted by Gasteiger charge is 2.45. The zero-order valence-electron chi connectivity index (χ0n) is 13.2. The van der Waals surface area contributed by atoms with Crippen molar-refractivity contribution in [1.29, 1.82) is 0 Å². The van der Waals surface area contributed by atoms with Crippen LogP contribution >= 0.6 is 11.3 Å². The summed E-state index contributed by atoms with van der Waals surface area (Å²) in [6, 6.07) is -0.173. The summed E-state index contributed by atoms with van der Waals surface area (Å²) in [5, 5.41) is 16.0. The van der Waals surface area contributed by atoms with Gasteiger partial charge in [-0.3, -0.25) is 10.1 Å². The Bertz CT molecular complexity index is 595. The van der Waals surface area contributed by atoms with Gasteiger partial charge in [0.25, 0.3) is 0 Å². The molecule has 0 saturated carbocycles. The number of anilines is 1. The quantitative estimate of drug-likeness (QED) is 0.755. The SMILES string of the molecule is CCc1cnc(NC(=O)N2CCC3(CC2)CC(O)CNC3=O)s1. The number of carbonyl (C=O) groups is 2. The standard InChI is InChI=1S/C15H22N4O3S/c1-2-11-9-17-13(23-11)18-14(22)19-5-3-15(4-6-19)7-10(20)8-16-12(15)21/h9-10,20H,2-8H2,1H3,(H,16,21)(H,17,18,22). The van der Waals surface area contributed by atoms with Crippen LogP contribution in [0.4, 0.5) is 9.93 Å². The average Bonchev–Trinajstić information content (AvgIpc) is 2.99. The third-order valence-electron chi connectivity index (χ3n) is 4.73. The van der Waals surface area contributed by atoms with Crippen molar-refractivity contribution < 1.29 is 14.7 Å². The lowest BCUT2D eigenvalue weighted by Crippen LogP contribution is -2.56. The van der Waals surface area contributed by atoms with Gasteiger partial charge in [-0.1, -0.05) is 6.92 Å². The highest BCUT2D eigenvalue weighted by atomic mass is 32.1. The van der Waals surface area contributed by atoms with Gasteiger partial charge in [0.1, 0.15) is 0 Å². The molecule has 8 heteroatoms. The molecule has 2 aliphatic rings. The molecule has 1 aromatic heterocycles.